The lowest BCUT2D eigenvalue weighted by molar-refractivity contribution is -0.121. The van der Waals surface area contributed by atoms with Crippen molar-refractivity contribution in [3.05, 3.63) is 69.8 Å². The molecule has 0 saturated carbocycles. The average molecular weight is 434 g/mol. The third-order valence-corrected chi connectivity index (χ3v) is 5.75. The Morgan fingerprint density at radius 1 is 1.19 bits per heavy atom. The van der Waals surface area contributed by atoms with Gasteiger partial charge in [-0.1, -0.05) is 12.1 Å². The minimum Gasteiger partial charge on any atom is -0.496 e. The van der Waals surface area contributed by atoms with Gasteiger partial charge in [0.2, 0.25) is 5.91 Å². The molecule has 0 radical (unpaired) electrons. The second-order valence-electron chi connectivity index (χ2n) is 7.94. The molecule has 166 valence electrons. The number of methoxy groups -OCH3 is 1. The second-order valence-corrected chi connectivity index (χ2v) is 7.94. The van der Waals surface area contributed by atoms with Crippen molar-refractivity contribution in [1.82, 2.24) is 14.9 Å². The number of benzene rings is 2. The zero-order valence-corrected chi connectivity index (χ0v) is 18.6. The fourth-order valence-corrected chi connectivity index (χ4v) is 4.01. The number of imidazole rings is 1. The number of carbonyl (C=O) groups excluding carboxylic acids is 1. The van der Waals surface area contributed by atoms with Crippen molar-refractivity contribution in [3.63, 3.8) is 0 Å². The van der Waals surface area contributed by atoms with E-state index >= 15 is 0 Å². The number of hydrogen-bond acceptors (Lipinski definition) is 5. The lowest BCUT2D eigenvalue weighted by atomic mass is 10.0. The molecule has 0 aliphatic carbocycles. The van der Waals surface area contributed by atoms with Gasteiger partial charge in [-0.2, -0.15) is 0 Å². The highest BCUT2D eigenvalue weighted by Gasteiger charge is 2.12. The highest BCUT2D eigenvalue weighted by molar-refractivity contribution is 5.83. The quantitative estimate of drug-likeness (QED) is 0.338. The van der Waals surface area contributed by atoms with E-state index in [0.29, 0.717) is 30.7 Å². The van der Waals surface area contributed by atoms with Gasteiger partial charge in [-0.25, -0.2) is 9.78 Å². The lowest BCUT2D eigenvalue weighted by Crippen LogP contribution is -2.25. The van der Waals surface area contributed by atoms with Crippen LogP contribution in [0.5, 0.6) is 5.75 Å². The molecule has 0 fully saturated rings. The van der Waals surface area contributed by atoms with Crippen LogP contribution in [0.4, 0.5) is 0 Å². The van der Waals surface area contributed by atoms with Gasteiger partial charge in [-0.15, -0.1) is 0 Å². The van der Waals surface area contributed by atoms with Crippen LogP contribution in [0.25, 0.3) is 22.0 Å². The number of nitrogens with zero attached hydrogens (tertiary/aromatic N) is 2. The topological polar surface area (TPSA) is 86.4 Å². The largest absolute Gasteiger partial charge is 0.496 e. The van der Waals surface area contributed by atoms with Crippen LogP contribution in [0.3, 0.4) is 0 Å². The maximum atomic E-state index is 12.4. The molecule has 0 saturated heterocycles. The van der Waals surface area contributed by atoms with Crippen LogP contribution < -0.4 is 15.7 Å². The minimum atomic E-state index is -0.386. The number of amides is 1. The van der Waals surface area contributed by atoms with Gasteiger partial charge in [0.1, 0.15) is 17.2 Å². The normalized spacial score (nSPS) is 11.2. The molecule has 2 aromatic carbocycles. The zero-order chi connectivity index (χ0) is 22.7. The molecule has 0 spiro atoms. The van der Waals surface area contributed by atoms with Gasteiger partial charge in [0.05, 0.1) is 18.1 Å². The number of para-hydroxylation sites is 2. The molecular weight excluding hydrogens is 406 g/mol. The van der Waals surface area contributed by atoms with E-state index in [1.54, 1.807) is 13.2 Å². The smallest absolute Gasteiger partial charge is 0.336 e. The van der Waals surface area contributed by atoms with Gasteiger partial charge in [0, 0.05) is 44.0 Å². The summed E-state index contributed by atoms with van der Waals surface area (Å²) in [5.41, 5.74) is 3.96. The Morgan fingerprint density at radius 2 is 2.00 bits per heavy atom. The highest BCUT2D eigenvalue weighted by atomic mass is 16.5. The molecule has 0 unspecified atom stereocenters. The first-order valence-corrected chi connectivity index (χ1v) is 10.7. The van der Waals surface area contributed by atoms with E-state index in [1.807, 2.05) is 38.2 Å². The Bertz CT molecular complexity index is 1340. The molecule has 0 aliphatic rings. The first kappa shape index (κ1) is 21.6. The molecule has 4 rings (SSSR count). The number of ether oxygens (including phenoxy) is 1. The molecule has 0 atom stereocenters. The molecule has 2 heterocycles. The van der Waals surface area contributed by atoms with E-state index in [9.17, 15) is 9.59 Å². The number of aryl methyl sites for hydroxylation is 4. The van der Waals surface area contributed by atoms with Crippen molar-refractivity contribution < 1.29 is 13.9 Å². The van der Waals surface area contributed by atoms with Crippen molar-refractivity contribution in [1.29, 1.82) is 0 Å². The second kappa shape index (κ2) is 9.26. The van der Waals surface area contributed by atoms with Crippen molar-refractivity contribution >= 4 is 27.9 Å². The van der Waals surface area contributed by atoms with E-state index in [-0.39, 0.29) is 11.5 Å². The van der Waals surface area contributed by atoms with E-state index in [4.69, 9.17) is 9.15 Å². The third kappa shape index (κ3) is 4.51. The molecular formula is C25H27N3O4. The van der Waals surface area contributed by atoms with Crippen LogP contribution in [0.1, 0.15) is 29.8 Å². The zero-order valence-electron chi connectivity index (χ0n) is 18.6. The third-order valence-electron chi connectivity index (χ3n) is 5.75. The Kier molecular flexibility index (Phi) is 6.25. The van der Waals surface area contributed by atoms with Gasteiger partial charge in [0.15, 0.2) is 0 Å². The molecule has 32 heavy (non-hydrogen) atoms. The summed E-state index contributed by atoms with van der Waals surface area (Å²) in [6.45, 7) is 2.47. The number of hydrogen-bond donors (Lipinski definition) is 1. The Hall–Kier alpha value is -3.61. The Balaban J connectivity index is 1.32. The molecule has 1 N–H and O–H groups in total. The maximum absolute atomic E-state index is 12.4. The van der Waals surface area contributed by atoms with E-state index in [2.05, 4.69) is 20.9 Å². The first-order valence-electron chi connectivity index (χ1n) is 10.7. The van der Waals surface area contributed by atoms with Crippen LogP contribution in [0, 0.1) is 6.92 Å². The maximum Gasteiger partial charge on any atom is 0.336 e. The van der Waals surface area contributed by atoms with Crippen molar-refractivity contribution in [2.45, 2.75) is 32.6 Å². The van der Waals surface area contributed by atoms with Crippen molar-refractivity contribution in [2.24, 2.45) is 7.05 Å². The fourth-order valence-electron chi connectivity index (χ4n) is 4.01. The monoisotopic (exact) mass is 433 g/mol. The number of rotatable bonds is 8. The number of fused-ring (bicyclic) bond motifs is 2. The molecule has 7 nitrogen and oxygen atoms in total. The van der Waals surface area contributed by atoms with Gasteiger partial charge in [-0.3, -0.25) is 4.79 Å². The van der Waals surface area contributed by atoms with Gasteiger partial charge in [0.25, 0.3) is 0 Å². The Morgan fingerprint density at radius 3 is 2.78 bits per heavy atom. The van der Waals surface area contributed by atoms with Gasteiger partial charge in [-0.05, 0) is 49.1 Å². The number of aromatic nitrogens is 2. The van der Waals surface area contributed by atoms with E-state index in [1.165, 1.54) is 6.07 Å². The summed E-state index contributed by atoms with van der Waals surface area (Å²) in [4.78, 5) is 28.7. The summed E-state index contributed by atoms with van der Waals surface area (Å²) in [5.74, 6) is 1.62. The summed E-state index contributed by atoms with van der Waals surface area (Å²) in [6, 6.07) is 13.2. The fraction of sp³-hybridized carbons (Fsp3) is 0.320. The van der Waals surface area contributed by atoms with E-state index < -0.39 is 0 Å². The standard InChI is InChI=1S/C25H27N3O4/c1-16-13-25(30)32-22-15-21(31-3)17(14-18(16)22)10-11-24(29)26-12-6-9-23-27-19-7-4-5-8-20(19)28(23)2/h4-5,7-8,13-15H,6,9-12H2,1-3H3,(H,26,29). The molecule has 4 aromatic rings. The summed E-state index contributed by atoms with van der Waals surface area (Å²) in [7, 11) is 3.59. The van der Waals surface area contributed by atoms with Gasteiger partial charge < -0.3 is 19.0 Å². The molecule has 7 heteroatoms. The molecule has 0 bridgehead atoms. The van der Waals surface area contributed by atoms with Crippen LogP contribution in [-0.4, -0.2) is 29.1 Å². The summed E-state index contributed by atoms with van der Waals surface area (Å²) in [5, 5.41) is 3.84. The summed E-state index contributed by atoms with van der Waals surface area (Å²) < 4.78 is 12.8. The first-order chi connectivity index (χ1) is 15.5. The van der Waals surface area contributed by atoms with Crippen molar-refractivity contribution in [3.8, 4) is 5.75 Å². The highest BCUT2D eigenvalue weighted by Crippen LogP contribution is 2.28. The molecule has 0 aliphatic heterocycles. The number of carbonyl (C=O) groups is 1. The SMILES string of the molecule is COc1cc2oc(=O)cc(C)c2cc1CCC(=O)NCCCc1nc2ccccc2n1C. The van der Waals surface area contributed by atoms with Crippen LogP contribution in [-0.2, 0) is 24.7 Å². The number of nitrogens with one attached hydrogen (secondary N) is 1. The summed E-state index contributed by atoms with van der Waals surface area (Å²) in [6.07, 6.45) is 2.51. The minimum absolute atomic E-state index is 0.00605. The van der Waals surface area contributed by atoms with Crippen LogP contribution in [0.15, 0.2) is 51.7 Å². The van der Waals surface area contributed by atoms with Crippen LogP contribution >= 0.6 is 0 Å². The van der Waals surface area contributed by atoms with Crippen LogP contribution in [0.2, 0.25) is 0 Å². The lowest BCUT2D eigenvalue weighted by Gasteiger charge is -2.11. The average Bonchev–Trinajstić information content (AvgIpc) is 3.10. The summed E-state index contributed by atoms with van der Waals surface area (Å²) >= 11 is 0. The predicted molar refractivity (Wildman–Crippen MR) is 124 cm³/mol. The molecule has 2 aromatic heterocycles. The van der Waals surface area contributed by atoms with Gasteiger partial charge >= 0.3 is 5.63 Å². The Labute approximate surface area is 186 Å². The van der Waals surface area contributed by atoms with Crippen molar-refractivity contribution in [2.75, 3.05) is 13.7 Å². The predicted octanol–water partition coefficient (Wildman–Crippen LogP) is 3.68. The van der Waals surface area contributed by atoms with E-state index in [0.717, 1.165) is 46.2 Å². The molecule has 1 amide bonds.